The van der Waals surface area contributed by atoms with Crippen LogP contribution < -0.4 is 10.2 Å². The third-order valence-corrected chi connectivity index (χ3v) is 4.34. The van der Waals surface area contributed by atoms with E-state index in [1.54, 1.807) is 0 Å². The summed E-state index contributed by atoms with van der Waals surface area (Å²) in [6.07, 6.45) is 4.50. The van der Waals surface area contributed by atoms with Crippen LogP contribution in [0.3, 0.4) is 0 Å². The summed E-state index contributed by atoms with van der Waals surface area (Å²) >= 11 is 0. The lowest BCUT2D eigenvalue weighted by Crippen LogP contribution is -2.34. The summed E-state index contributed by atoms with van der Waals surface area (Å²) in [6.45, 7) is 2.68. The number of nitrogens with one attached hydrogen (secondary N) is 1. The van der Waals surface area contributed by atoms with Crippen molar-refractivity contribution in [2.24, 2.45) is 5.92 Å². The lowest BCUT2D eigenvalue weighted by Gasteiger charge is -2.29. The summed E-state index contributed by atoms with van der Waals surface area (Å²) in [4.78, 5) is 25.6. The van der Waals surface area contributed by atoms with Gasteiger partial charge in [0, 0.05) is 30.3 Å². The molecule has 0 unspecified atom stereocenters. The van der Waals surface area contributed by atoms with Crippen molar-refractivity contribution in [3.05, 3.63) is 23.8 Å². The molecule has 2 aliphatic rings. The van der Waals surface area contributed by atoms with Crippen LogP contribution in [0.15, 0.2) is 18.2 Å². The third-order valence-electron chi connectivity index (χ3n) is 4.34. The van der Waals surface area contributed by atoms with Crippen molar-refractivity contribution in [3.63, 3.8) is 0 Å². The van der Waals surface area contributed by atoms with Gasteiger partial charge in [0.2, 0.25) is 11.8 Å². The van der Waals surface area contributed by atoms with Gasteiger partial charge in [0.25, 0.3) is 0 Å². The van der Waals surface area contributed by atoms with E-state index in [1.165, 1.54) is 0 Å². The summed E-state index contributed by atoms with van der Waals surface area (Å²) in [5.74, 6) is 0.515. The van der Waals surface area contributed by atoms with E-state index in [2.05, 4.69) is 5.32 Å². The van der Waals surface area contributed by atoms with Gasteiger partial charge in [0.1, 0.15) is 0 Å². The van der Waals surface area contributed by atoms with E-state index >= 15 is 0 Å². The molecule has 1 saturated carbocycles. The largest absolute Gasteiger partial charge is 0.326 e. The molecule has 0 spiro atoms. The number of hydrogen-bond acceptors (Lipinski definition) is 2. The van der Waals surface area contributed by atoms with Gasteiger partial charge in [0.05, 0.1) is 0 Å². The van der Waals surface area contributed by atoms with Gasteiger partial charge < -0.3 is 10.2 Å². The number of carbonyl (C=O) groups excluding carboxylic acids is 2. The minimum Gasteiger partial charge on any atom is -0.326 e. The summed E-state index contributed by atoms with van der Waals surface area (Å²) in [7, 11) is 0. The molecule has 0 atom stereocenters. The molecule has 0 radical (unpaired) electrons. The molecule has 1 aromatic carbocycles. The summed E-state index contributed by atoms with van der Waals surface area (Å²) < 4.78 is 0. The van der Waals surface area contributed by atoms with Gasteiger partial charge in [-0.3, -0.25) is 9.59 Å². The Morgan fingerprint density at radius 1 is 1.35 bits per heavy atom. The van der Waals surface area contributed by atoms with Gasteiger partial charge >= 0.3 is 0 Å². The summed E-state index contributed by atoms with van der Waals surface area (Å²) in [6, 6.07) is 5.87. The standard InChI is InChI=1S/C16H20N2O2/c1-2-18-14-8-7-13(10-12(14)6-9-15(18)19)17-16(20)11-4-3-5-11/h7-8,10-11H,2-6,9H2,1H3,(H,17,20). The Morgan fingerprint density at radius 3 is 2.80 bits per heavy atom. The molecule has 1 fully saturated rings. The molecule has 20 heavy (non-hydrogen) atoms. The number of carbonyl (C=O) groups is 2. The third kappa shape index (κ3) is 2.30. The Kier molecular flexibility index (Phi) is 3.47. The number of rotatable bonds is 3. The quantitative estimate of drug-likeness (QED) is 0.919. The summed E-state index contributed by atoms with van der Waals surface area (Å²) in [5.41, 5.74) is 2.99. The number of fused-ring (bicyclic) bond motifs is 1. The first-order chi connectivity index (χ1) is 9.69. The highest BCUT2D eigenvalue weighted by Crippen LogP contribution is 2.31. The van der Waals surface area contributed by atoms with Crippen LogP contribution in [0.4, 0.5) is 11.4 Å². The first kappa shape index (κ1) is 13.2. The molecular weight excluding hydrogens is 252 g/mol. The van der Waals surface area contributed by atoms with Gasteiger partial charge in [-0.1, -0.05) is 6.42 Å². The Balaban J connectivity index is 1.78. The van der Waals surface area contributed by atoms with E-state index in [0.29, 0.717) is 13.0 Å². The van der Waals surface area contributed by atoms with Crippen molar-refractivity contribution in [2.75, 3.05) is 16.8 Å². The van der Waals surface area contributed by atoms with E-state index in [-0.39, 0.29) is 17.7 Å². The average Bonchev–Trinajstić information content (AvgIpc) is 2.36. The van der Waals surface area contributed by atoms with Crippen LogP contribution in [0, 0.1) is 5.92 Å². The van der Waals surface area contributed by atoms with Crippen molar-refractivity contribution in [1.82, 2.24) is 0 Å². The zero-order chi connectivity index (χ0) is 14.1. The van der Waals surface area contributed by atoms with Gasteiger partial charge in [0.15, 0.2) is 0 Å². The van der Waals surface area contributed by atoms with Gasteiger partial charge in [-0.05, 0) is 49.9 Å². The minimum absolute atomic E-state index is 0.135. The fraction of sp³-hybridized carbons (Fsp3) is 0.500. The molecule has 1 aliphatic heterocycles. The molecule has 0 saturated heterocycles. The van der Waals surface area contributed by atoms with Gasteiger partial charge in [-0.25, -0.2) is 0 Å². The lowest BCUT2D eigenvalue weighted by atomic mass is 9.85. The highest BCUT2D eigenvalue weighted by Gasteiger charge is 2.26. The Hall–Kier alpha value is -1.84. The highest BCUT2D eigenvalue weighted by atomic mass is 16.2. The number of hydrogen-bond donors (Lipinski definition) is 1. The number of amides is 2. The van der Waals surface area contributed by atoms with Crippen LogP contribution in [-0.4, -0.2) is 18.4 Å². The first-order valence-electron chi connectivity index (χ1n) is 7.43. The number of aryl methyl sites for hydroxylation is 1. The minimum atomic E-state index is 0.135. The van der Waals surface area contributed by atoms with Crippen molar-refractivity contribution in [3.8, 4) is 0 Å². The summed E-state index contributed by atoms with van der Waals surface area (Å²) in [5, 5.41) is 3.00. The van der Waals surface area contributed by atoms with Crippen LogP contribution in [0.25, 0.3) is 0 Å². The second kappa shape index (κ2) is 5.27. The molecule has 0 aromatic heterocycles. The smallest absolute Gasteiger partial charge is 0.227 e. The zero-order valence-corrected chi connectivity index (χ0v) is 11.8. The maximum atomic E-state index is 12.0. The lowest BCUT2D eigenvalue weighted by molar-refractivity contribution is -0.122. The van der Waals surface area contributed by atoms with Crippen molar-refractivity contribution in [1.29, 1.82) is 0 Å². The second-order valence-electron chi connectivity index (χ2n) is 5.60. The number of nitrogens with zero attached hydrogens (tertiary/aromatic N) is 1. The van der Waals surface area contributed by atoms with Crippen molar-refractivity contribution in [2.45, 2.75) is 39.0 Å². The molecule has 1 aliphatic carbocycles. The normalized spacial score (nSPS) is 18.4. The molecule has 1 heterocycles. The molecule has 3 rings (SSSR count). The second-order valence-corrected chi connectivity index (χ2v) is 5.60. The molecular formula is C16H20N2O2. The molecule has 0 bridgehead atoms. The number of anilines is 2. The predicted molar refractivity (Wildman–Crippen MR) is 78.8 cm³/mol. The van der Waals surface area contributed by atoms with Crippen LogP contribution >= 0.6 is 0 Å². The van der Waals surface area contributed by atoms with E-state index in [9.17, 15) is 9.59 Å². The van der Waals surface area contributed by atoms with Crippen molar-refractivity contribution >= 4 is 23.2 Å². The topological polar surface area (TPSA) is 49.4 Å². The van der Waals surface area contributed by atoms with Crippen LogP contribution in [0.5, 0.6) is 0 Å². The first-order valence-corrected chi connectivity index (χ1v) is 7.43. The zero-order valence-electron chi connectivity index (χ0n) is 11.8. The predicted octanol–water partition coefficient (Wildman–Crippen LogP) is 2.72. The SMILES string of the molecule is CCN1C(=O)CCc2cc(NC(=O)C3CCC3)ccc21. The molecule has 1 N–H and O–H groups in total. The Bertz CT molecular complexity index is 549. The average molecular weight is 272 g/mol. The Morgan fingerprint density at radius 2 is 2.15 bits per heavy atom. The van der Waals surface area contributed by atoms with E-state index < -0.39 is 0 Å². The van der Waals surface area contributed by atoms with E-state index in [1.807, 2.05) is 30.0 Å². The van der Waals surface area contributed by atoms with E-state index in [4.69, 9.17) is 0 Å². The van der Waals surface area contributed by atoms with Gasteiger partial charge in [-0.2, -0.15) is 0 Å². The fourth-order valence-corrected chi connectivity index (χ4v) is 2.90. The van der Waals surface area contributed by atoms with Crippen molar-refractivity contribution < 1.29 is 9.59 Å². The molecule has 1 aromatic rings. The van der Waals surface area contributed by atoms with Crippen LogP contribution in [0.2, 0.25) is 0 Å². The molecule has 106 valence electrons. The highest BCUT2D eigenvalue weighted by molar-refractivity contribution is 5.98. The monoisotopic (exact) mass is 272 g/mol. The Labute approximate surface area is 119 Å². The van der Waals surface area contributed by atoms with Crippen LogP contribution in [0.1, 0.15) is 38.2 Å². The fourth-order valence-electron chi connectivity index (χ4n) is 2.90. The maximum Gasteiger partial charge on any atom is 0.227 e. The van der Waals surface area contributed by atoms with Crippen LogP contribution in [-0.2, 0) is 16.0 Å². The maximum absolute atomic E-state index is 12.0. The molecule has 4 heteroatoms. The molecule has 4 nitrogen and oxygen atoms in total. The number of benzene rings is 1. The van der Waals surface area contributed by atoms with E-state index in [0.717, 1.165) is 42.6 Å². The van der Waals surface area contributed by atoms with Gasteiger partial charge in [-0.15, -0.1) is 0 Å². The molecule has 2 amide bonds.